The quantitative estimate of drug-likeness (QED) is 0.861. The van der Waals surface area contributed by atoms with Crippen molar-refractivity contribution in [2.24, 2.45) is 5.92 Å². The molecule has 0 bridgehead atoms. The first-order chi connectivity index (χ1) is 10.3. The van der Waals surface area contributed by atoms with Crippen LogP contribution in [0.15, 0.2) is 66.9 Å². The molecule has 2 heterocycles. The third-order valence-corrected chi connectivity index (χ3v) is 4.28. The van der Waals surface area contributed by atoms with Gasteiger partial charge in [-0.1, -0.05) is 42.5 Å². The second kappa shape index (κ2) is 4.64. The SMILES string of the molecule is COc1ccc(C2(c3ccccc3)O[C@H]3OC=CC32)cc1. The molecular formula is C18H16O3. The van der Waals surface area contributed by atoms with Crippen LogP contribution in [0.2, 0.25) is 0 Å². The van der Waals surface area contributed by atoms with E-state index in [4.69, 9.17) is 14.2 Å². The fourth-order valence-electron chi connectivity index (χ4n) is 3.21. The number of rotatable bonds is 3. The number of fused-ring (bicyclic) bond motifs is 1. The van der Waals surface area contributed by atoms with E-state index < -0.39 is 5.60 Å². The van der Waals surface area contributed by atoms with E-state index in [0.717, 1.165) is 16.9 Å². The van der Waals surface area contributed by atoms with Crippen molar-refractivity contribution in [1.29, 1.82) is 0 Å². The van der Waals surface area contributed by atoms with E-state index in [1.807, 2.05) is 30.3 Å². The Balaban J connectivity index is 1.82. The third kappa shape index (κ3) is 1.71. The van der Waals surface area contributed by atoms with Crippen LogP contribution in [0.3, 0.4) is 0 Å². The molecule has 2 aromatic rings. The molecule has 2 aromatic carbocycles. The van der Waals surface area contributed by atoms with Crippen molar-refractivity contribution in [2.75, 3.05) is 7.11 Å². The van der Waals surface area contributed by atoms with Crippen molar-refractivity contribution in [2.45, 2.75) is 11.9 Å². The molecule has 3 nitrogen and oxygen atoms in total. The molecule has 0 radical (unpaired) electrons. The van der Waals surface area contributed by atoms with Gasteiger partial charge in [0.2, 0.25) is 6.29 Å². The van der Waals surface area contributed by atoms with Gasteiger partial charge >= 0.3 is 0 Å². The Kier molecular flexibility index (Phi) is 2.76. The minimum Gasteiger partial charge on any atom is -0.497 e. The standard InChI is InChI=1S/C18H16O3/c1-19-15-9-7-14(8-10-15)18(13-5-3-2-4-6-13)16-11-12-20-17(16)21-18/h2-12,16-17H,1H3/t16?,17-,18?/m1/s1. The van der Waals surface area contributed by atoms with Crippen LogP contribution >= 0.6 is 0 Å². The number of benzene rings is 2. The summed E-state index contributed by atoms with van der Waals surface area (Å²) in [4.78, 5) is 0. The van der Waals surface area contributed by atoms with Crippen molar-refractivity contribution in [3.63, 3.8) is 0 Å². The fraction of sp³-hybridized carbons (Fsp3) is 0.222. The first-order valence-electron chi connectivity index (χ1n) is 7.04. The average Bonchev–Trinajstić information content (AvgIpc) is 2.92. The van der Waals surface area contributed by atoms with Crippen LogP contribution in [0.25, 0.3) is 0 Å². The van der Waals surface area contributed by atoms with Crippen LogP contribution in [-0.4, -0.2) is 13.4 Å². The molecule has 3 atom stereocenters. The predicted molar refractivity (Wildman–Crippen MR) is 78.8 cm³/mol. The lowest BCUT2D eigenvalue weighted by atomic mass is 9.71. The van der Waals surface area contributed by atoms with Crippen LogP contribution < -0.4 is 4.74 Å². The summed E-state index contributed by atoms with van der Waals surface area (Å²) in [5, 5.41) is 0. The van der Waals surface area contributed by atoms with E-state index in [9.17, 15) is 0 Å². The van der Waals surface area contributed by atoms with Gasteiger partial charge < -0.3 is 14.2 Å². The first kappa shape index (κ1) is 12.5. The van der Waals surface area contributed by atoms with E-state index in [2.05, 4.69) is 30.3 Å². The molecule has 0 spiro atoms. The van der Waals surface area contributed by atoms with Gasteiger partial charge in [0.15, 0.2) is 0 Å². The maximum atomic E-state index is 6.17. The highest BCUT2D eigenvalue weighted by molar-refractivity contribution is 5.44. The minimum atomic E-state index is -0.467. The predicted octanol–water partition coefficient (Wildman–Crippen LogP) is 3.46. The number of hydrogen-bond donors (Lipinski definition) is 0. The lowest BCUT2D eigenvalue weighted by Gasteiger charge is -2.51. The van der Waals surface area contributed by atoms with Crippen LogP contribution in [0.5, 0.6) is 5.75 Å². The van der Waals surface area contributed by atoms with Gasteiger partial charge in [-0.2, -0.15) is 0 Å². The zero-order valence-corrected chi connectivity index (χ0v) is 11.7. The largest absolute Gasteiger partial charge is 0.497 e. The summed E-state index contributed by atoms with van der Waals surface area (Å²) in [6.45, 7) is 0. The Bertz CT molecular complexity index is 663. The zero-order chi connectivity index (χ0) is 14.3. The normalized spacial score (nSPS) is 29.4. The number of hydrogen-bond acceptors (Lipinski definition) is 3. The summed E-state index contributed by atoms with van der Waals surface area (Å²) in [7, 11) is 1.67. The lowest BCUT2D eigenvalue weighted by Crippen LogP contribution is -2.56. The van der Waals surface area contributed by atoms with E-state index in [1.165, 1.54) is 0 Å². The highest BCUT2D eigenvalue weighted by Crippen LogP contribution is 2.54. The second-order valence-electron chi connectivity index (χ2n) is 5.31. The fourth-order valence-corrected chi connectivity index (χ4v) is 3.21. The molecule has 1 fully saturated rings. The monoisotopic (exact) mass is 280 g/mol. The molecule has 0 N–H and O–H groups in total. The molecule has 106 valence electrons. The van der Waals surface area contributed by atoms with E-state index >= 15 is 0 Å². The second-order valence-corrected chi connectivity index (χ2v) is 5.31. The van der Waals surface area contributed by atoms with Gasteiger partial charge in [0, 0.05) is 0 Å². The molecule has 21 heavy (non-hydrogen) atoms. The van der Waals surface area contributed by atoms with Gasteiger partial charge in [0.1, 0.15) is 11.4 Å². The Morgan fingerprint density at radius 1 is 0.952 bits per heavy atom. The smallest absolute Gasteiger partial charge is 0.210 e. The van der Waals surface area contributed by atoms with Crippen molar-refractivity contribution in [3.05, 3.63) is 78.1 Å². The summed E-state index contributed by atoms with van der Waals surface area (Å²) in [6, 6.07) is 18.4. The molecule has 0 aromatic heterocycles. The molecule has 2 unspecified atom stereocenters. The summed E-state index contributed by atoms with van der Waals surface area (Å²) < 4.78 is 16.9. The van der Waals surface area contributed by atoms with Gasteiger partial charge in [-0.3, -0.25) is 0 Å². The van der Waals surface area contributed by atoms with Gasteiger partial charge in [-0.05, 0) is 29.3 Å². The van der Waals surface area contributed by atoms with Gasteiger partial charge in [-0.15, -0.1) is 0 Å². The number of ether oxygens (including phenoxy) is 3. The first-order valence-corrected chi connectivity index (χ1v) is 7.04. The van der Waals surface area contributed by atoms with Gasteiger partial charge in [-0.25, -0.2) is 0 Å². The summed E-state index contributed by atoms with van der Waals surface area (Å²) >= 11 is 0. The lowest BCUT2D eigenvalue weighted by molar-refractivity contribution is -0.302. The van der Waals surface area contributed by atoms with Crippen LogP contribution in [0.4, 0.5) is 0 Å². The molecule has 2 aliphatic heterocycles. The Morgan fingerprint density at radius 2 is 1.67 bits per heavy atom. The molecule has 0 aliphatic carbocycles. The molecular weight excluding hydrogens is 264 g/mol. The van der Waals surface area contributed by atoms with Crippen molar-refractivity contribution >= 4 is 0 Å². The summed E-state index contributed by atoms with van der Waals surface area (Å²) in [6.07, 6.45) is 3.65. The van der Waals surface area contributed by atoms with Crippen LogP contribution in [0.1, 0.15) is 11.1 Å². The average molecular weight is 280 g/mol. The van der Waals surface area contributed by atoms with E-state index in [1.54, 1.807) is 13.4 Å². The van der Waals surface area contributed by atoms with E-state index in [0.29, 0.717) is 0 Å². The molecule has 1 saturated heterocycles. The Labute approximate surface area is 123 Å². The van der Waals surface area contributed by atoms with E-state index in [-0.39, 0.29) is 12.2 Å². The number of methoxy groups -OCH3 is 1. The Morgan fingerprint density at radius 3 is 2.33 bits per heavy atom. The van der Waals surface area contributed by atoms with Crippen molar-refractivity contribution in [3.8, 4) is 5.75 Å². The van der Waals surface area contributed by atoms with Crippen LogP contribution in [0, 0.1) is 5.92 Å². The van der Waals surface area contributed by atoms with Gasteiger partial charge in [0.25, 0.3) is 0 Å². The van der Waals surface area contributed by atoms with Crippen LogP contribution in [-0.2, 0) is 15.1 Å². The highest BCUT2D eigenvalue weighted by Gasteiger charge is 2.59. The van der Waals surface area contributed by atoms with Gasteiger partial charge in [0.05, 0.1) is 19.3 Å². The molecule has 0 saturated carbocycles. The molecule has 3 heteroatoms. The maximum Gasteiger partial charge on any atom is 0.210 e. The zero-order valence-electron chi connectivity index (χ0n) is 11.7. The topological polar surface area (TPSA) is 27.7 Å². The third-order valence-electron chi connectivity index (χ3n) is 4.28. The molecule has 2 aliphatic rings. The summed E-state index contributed by atoms with van der Waals surface area (Å²) in [5.74, 6) is 1.05. The van der Waals surface area contributed by atoms with Crippen molar-refractivity contribution in [1.82, 2.24) is 0 Å². The molecule has 0 amide bonds. The maximum absolute atomic E-state index is 6.17. The van der Waals surface area contributed by atoms with Crippen molar-refractivity contribution < 1.29 is 14.2 Å². The highest BCUT2D eigenvalue weighted by atomic mass is 16.7. The minimum absolute atomic E-state index is 0.174. The summed E-state index contributed by atoms with van der Waals surface area (Å²) in [5.41, 5.74) is 1.79. The molecule has 4 rings (SSSR count). The Hall–Kier alpha value is -2.26.